The first-order chi connectivity index (χ1) is 5.54. The lowest BCUT2D eigenvalue weighted by molar-refractivity contribution is 0.145. The van der Waals surface area contributed by atoms with Crippen molar-refractivity contribution < 1.29 is 13.2 Å². The van der Waals surface area contributed by atoms with E-state index in [2.05, 4.69) is 20.9 Å². The Hall–Kier alpha value is -0.290. The summed E-state index contributed by atoms with van der Waals surface area (Å²) >= 11 is 8.05. The summed E-state index contributed by atoms with van der Waals surface area (Å²) in [7, 11) is 0. The molecule has 0 aliphatic carbocycles. The molecule has 1 aromatic rings. The fourth-order valence-corrected chi connectivity index (χ4v) is 1.22. The maximum atomic E-state index is 12.6. The van der Waals surface area contributed by atoms with Crippen molar-refractivity contribution in [3.05, 3.63) is 27.2 Å². The Bertz CT molecular complexity index is 305. The van der Waals surface area contributed by atoms with Gasteiger partial charge in [0.2, 0.25) is 0 Å². The number of alkyl halides is 2. The molecule has 0 fully saturated rings. The maximum absolute atomic E-state index is 12.6. The van der Waals surface area contributed by atoms with E-state index < -0.39 is 17.9 Å². The van der Waals surface area contributed by atoms with Crippen LogP contribution in [-0.4, -0.2) is 4.98 Å². The lowest BCUT2D eigenvalue weighted by Crippen LogP contribution is -1.94. The van der Waals surface area contributed by atoms with E-state index >= 15 is 0 Å². The maximum Gasteiger partial charge on any atom is 0.281 e. The minimum absolute atomic E-state index is 0.195. The van der Waals surface area contributed by atoms with Crippen LogP contribution in [0.1, 0.15) is 12.1 Å². The second kappa shape index (κ2) is 3.62. The molecular weight excluding hydrogens is 258 g/mol. The van der Waals surface area contributed by atoms with Crippen molar-refractivity contribution in [1.82, 2.24) is 4.98 Å². The van der Waals surface area contributed by atoms with Gasteiger partial charge in [0.1, 0.15) is 5.69 Å². The molecule has 1 nitrogen and oxygen atoms in total. The number of hydrogen-bond donors (Lipinski definition) is 0. The number of pyridine rings is 1. The minimum Gasteiger partial charge on any atom is -0.251 e. The smallest absolute Gasteiger partial charge is 0.251 e. The molecule has 0 N–H and O–H groups in total. The molecule has 0 atom stereocenters. The van der Waals surface area contributed by atoms with E-state index in [0.717, 1.165) is 0 Å². The quantitative estimate of drug-likeness (QED) is 0.752. The highest BCUT2D eigenvalue weighted by Gasteiger charge is 2.17. The second-order valence-corrected chi connectivity index (χ2v) is 3.09. The second-order valence-electron chi connectivity index (χ2n) is 1.92. The minimum atomic E-state index is -2.77. The summed E-state index contributed by atoms with van der Waals surface area (Å²) in [4.78, 5) is 3.18. The Morgan fingerprint density at radius 2 is 2.08 bits per heavy atom. The molecular formula is C6H2BrClF3N. The highest BCUT2D eigenvalue weighted by molar-refractivity contribution is 9.10. The molecule has 6 heteroatoms. The van der Waals surface area contributed by atoms with E-state index in [4.69, 9.17) is 11.6 Å². The van der Waals surface area contributed by atoms with Crippen LogP contribution < -0.4 is 0 Å². The van der Waals surface area contributed by atoms with Crippen molar-refractivity contribution in [3.63, 3.8) is 0 Å². The Balaban J connectivity index is 3.27. The molecule has 1 rings (SSSR count). The summed E-state index contributed by atoms with van der Waals surface area (Å²) in [6, 6.07) is 0. The molecule has 0 radical (unpaired) electrons. The monoisotopic (exact) mass is 259 g/mol. The van der Waals surface area contributed by atoms with Crippen molar-refractivity contribution >= 4 is 27.5 Å². The van der Waals surface area contributed by atoms with Gasteiger partial charge in [0.15, 0.2) is 5.82 Å². The highest BCUT2D eigenvalue weighted by Crippen LogP contribution is 2.32. The van der Waals surface area contributed by atoms with Crippen molar-refractivity contribution in [2.45, 2.75) is 6.43 Å². The van der Waals surface area contributed by atoms with Crippen molar-refractivity contribution in [2.24, 2.45) is 0 Å². The molecule has 0 amide bonds. The number of rotatable bonds is 1. The lowest BCUT2D eigenvalue weighted by Gasteiger charge is -2.03. The highest BCUT2D eigenvalue weighted by atomic mass is 79.9. The molecule has 0 aliphatic rings. The SMILES string of the molecule is Fc1cnc(C(F)F)c(Br)c1Cl. The number of halogens is 5. The molecule has 0 bridgehead atoms. The molecule has 1 heterocycles. The van der Waals surface area contributed by atoms with Crippen LogP contribution in [0.3, 0.4) is 0 Å². The van der Waals surface area contributed by atoms with E-state index in [1.165, 1.54) is 0 Å². The third-order valence-corrected chi connectivity index (χ3v) is 2.55. The Kier molecular flexibility index (Phi) is 2.95. The molecule has 0 saturated carbocycles. The summed E-state index contributed by atoms with van der Waals surface area (Å²) in [5.74, 6) is -0.826. The van der Waals surface area contributed by atoms with E-state index in [0.29, 0.717) is 6.20 Å². The largest absolute Gasteiger partial charge is 0.281 e. The van der Waals surface area contributed by atoms with Gasteiger partial charge in [-0.2, -0.15) is 0 Å². The van der Waals surface area contributed by atoms with Gasteiger partial charge in [0, 0.05) is 0 Å². The van der Waals surface area contributed by atoms with Gasteiger partial charge in [-0.3, -0.25) is 4.98 Å². The summed E-state index contributed by atoms with van der Waals surface area (Å²) in [6.07, 6.45) is -2.10. The molecule has 66 valence electrons. The topological polar surface area (TPSA) is 12.9 Å². The Morgan fingerprint density at radius 1 is 1.50 bits per heavy atom. The predicted molar refractivity (Wildman–Crippen MR) is 41.9 cm³/mol. The van der Waals surface area contributed by atoms with Gasteiger partial charge < -0.3 is 0 Å². The molecule has 12 heavy (non-hydrogen) atoms. The average Bonchev–Trinajstić information content (AvgIpc) is 2.00. The van der Waals surface area contributed by atoms with E-state index in [-0.39, 0.29) is 9.50 Å². The van der Waals surface area contributed by atoms with Crippen molar-refractivity contribution in [3.8, 4) is 0 Å². The predicted octanol–water partition coefficient (Wildman–Crippen LogP) is 3.57. The zero-order valence-electron chi connectivity index (χ0n) is 5.49. The molecule has 0 spiro atoms. The molecule has 0 saturated heterocycles. The summed E-state index contributed by atoms with van der Waals surface area (Å²) in [5, 5.41) is -0.375. The van der Waals surface area contributed by atoms with Gasteiger partial charge >= 0.3 is 0 Å². The van der Waals surface area contributed by atoms with Gasteiger partial charge in [0.05, 0.1) is 15.7 Å². The fraction of sp³-hybridized carbons (Fsp3) is 0.167. The first-order valence-corrected chi connectivity index (χ1v) is 3.98. The zero-order valence-corrected chi connectivity index (χ0v) is 7.83. The average molecular weight is 260 g/mol. The van der Waals surface area contributed by atoms with Crippen molar-refractivity contribution in [1.29, 1.82) is 0 Å². The Labute approximate surface area is 79.7 Å². The summed E-state index contributed by atoms with van der Waals surface area (Å²) in [6.45, 7) is 0. The first kappa shape index (κ1) is 9.80. The van der Waals surface area contributed by atoms with Crippen LogP contribution in [0.25, 0.3) is 0 Å². The summed E-state index contributed by atoms with van der Waals surface area (Å²) in [5.41, 5.74) is -0.554. The van der Waals surface area contributed by atoms with Crippen LogP contribution in [0, 0.1) is 5.82 Å². The third kappa shape index (κ3) is 1.72. The van der Waals surface area contributed by atoms with E-state index in [9.17, 15) is 13.2 Å². The van der Waals surface area contributed by atoms with Crippen LogP contribution >= 0.6 is 27.5 Å². The van der Waals surface area contributed by atoms with E-state index in [1.54, 1.807) is 0 Å². The third-order valence-electron chi connectivity index (χ3n) is 1.15. The van der Waals surface area contributed by atoms with Gasteiger partial charge in [-0.1, -0.05) is 11.6 Å². The van der Waals surface area contributed by atoms with E-state index in [1.807, 2.05) is 0 Å². The number of nitrogens with zero attached hydrogens (tertiary/aromatic N) is 1. The van der Waals surface area contributed by atoms with Gasteiger partial charge in [0.25, 0.3) is 6.43 Å². The molecule has 0 aromatic carbocycles. The molecule has 0 aliphatic heterocycles. The van der Waals surface area contributed by atoms with Crippen LogP contribution in [-0.2, 0) is 0 Å². The fourth-order valence-electron chi connectivity index (χ4n) is 0.609. The van der Waals surface area contributed by atoms with Crippen LogP contribution in [0.5, 0.6) is 0 Å². The Morgan fingerprint density at radius 3 is 2.58 bits per heavy atom. The van der Waals surface area contributed by atoms with Crippen LogP contribution in [0.15, 0.2) is 10.7 Å². The summed E-state index contributed by atoms with van der Waals surface area (Å²) < 4.78 is 36.5. The number of hydrogen-bond acceptors (Lipinski definition) is 1. The molecule has 1 aromatic heterocycles. The van der Waals surface area contributed by atoms with Gasteiger partial charge in [-0.15, -0.1) is 0 Å². The first-order valence-electron chi connectivity index (χ1n) is 2.81. The van der Waals surface area contributed by atoms with Crippen LogP contribution in [0.2, 0.25) is 5.02 Å². The van der Waals surface area contributed by atoms with Gasteiger partial charge in [-0.25, -0.2) is 13.2 Å². The number of aromatic nitrogens is 1. The van der Waals surface area contributed by atoms with Gasteiger partial charge in [-0.05, 0) is 15.9 Å². The molecule has 0 unspecified atom stereocenters. The van der Waals surface area contributed by atoms with Crippen molar-refractivity contribution in [2.75, 3.05) is 0 Å². The normalized spacial score (nSPS) is 10.8. The zero-order chi connectivity index (χ0) is 9.30. The lowest BCUT2D eigenvalue weighted by atomic mass is 10.3. The standard InChI is InChI=1S/C6H2BrClF3N/c7-3-4(8)2(9)1-12-5(3)6(10)11/h1,6H. The van der Waals surface area contributed by atoms with Crippen LogP contribution in [0.4, 0.5) is 13.2 Å².